The van der Waals surface area contributed by atoms with E-state index >= 15 is 0 Å². The Kier molecular flexibility index (Phi) is 5.30. The fourth-order valence-corrected chi connectivity index (χ4v) is 3.16. The Morgan fingerprint density at radius 2 is 2.00 bits per heavy atom. The summed E-state index contributed by atoms with van der Waals surface area (Å²) in [6, 6.07) is 5.04. The smallest absolute Gasteiger partial charge is 0.120 e. The van der Waals surface area contributed by atoms with E-state index in [-0.39, 0.29) is 0 Å². The van der Waals surface area contributed by atoms with Gasteiger partial charge in [0.15, 0.2) is 0 Å². The van der Waals surface area contributed by atoms with Crippen LogP contribution < -0.4 is 5.32 Å². The van der Waals surface area contributed by atoms with Gasteiger partial charge in [0.1, 0.15) is 5.76 Å². The van der Waals surface area contributed by atoms with E-state index in [0.29, 0.717) is 12.1 Å². The lowest BCUT2D eigenvalue weighted by Crippen LogP contribution is -2.36. The molecule has 2 heteroatoms. The van der Waals surface area contributed by atoms with Crippen molar-refractivity contribution in [2.45, 2.75) is 70.9 Å². The van der Waals surface area contributed by atoms with Crippen LogP contribution in [0.25, 0.3) is 0 Å². The van der Waals surface area contributed by atoms with Gasteiger partial charge in [-0.25, -0.2) is 0 Å². The lowest BCUT2D eigenvalue weighted by molar-refractivity contribution is 0.287. The normalized spacial score (nSPS) is 21.4. The highest BCUT2D eigenvalue weighted by Crippen LogP contribution is 2.27. The lowest BCUT2D eigenvalue weighted by Gasteiger charge is -2.27. The maximum Gasteiger partial charge on any atom is 0.120 e. The van der Waals surface area contributed by atoms with Crippen LogP contribution in [0, 0.1) is 5.92 Å². The van der Waals surface area contributed by atoms with Gasteiger partial charge in [-0.2, -0.15) is 0 Å². The molecule has 2 rings (SSSR count). The third-order valence-electron chi connectivity index (χ3n) is 4.37. The summed E-state index contributed by atoms with van der Waals surface area (Å²) in [5, 5.41) is 3.77. The minimum absolute atomic E-state index is 0.373. The second kappa shape index (κ2) is 6.98. The molecule has 1 N–H and O–H groups in total. The zero-order valence-electron chi connectivity index (χ0n) is 11.8. The molecule has 102 valence electrons. The summed E-state index contributed by atoms with van der Waals surface area (Å²) < 4.78 is 5.54. The van der Waals surface area contributed by atoms with E-state index in [1.165, 1.54) is 38.5 Å². The molecule has 1 aliphatic carbocycles. The number of hydrogen-bond donors (Lipinski definition) is 1. The van der Waals surface area contributed by atoms with Gasteiger partial charge in [-0.3, -0.25) is 0 Å². The summed E-state index contributed by atoms with van der Waals surface area (Å²) in [6.07, 6.45) is 11.3. The Labute approximate surface area is 111 Å². The average Bonchev–Trinajstić information content (AvgIpc) is 2.77. The minimum Gasteiger partial charge on any atom is -0.468 e. The Morgan fingerprint density at radius 1 is 1.28 bits per heavy atom. The number of nitrogens with one attached hydrogen (secondary N) is 1. The van der Waals surface area contributed by atoms with Crippen LogP contribution in [-0.2, 0) is 0 Å². The third kappa shape index (κ3) is 3.61. The summed E-state index contributed by atoms with van der Waals surface area (Å²) in [6.45, 7) is 4.57. The minimum atomic E-state index is 0.373. The van der Waals surface area contributed by atoms with Crippen molar-refractivity contribution in [1.82, 2.24) is 5.32 Å². The molecule has 18 heavy (non-hydrogen) atoms. The van der Waals surface area contributed by atoms with Crippen molar-refractivity contribution in [3.63, 3.8) is 0 Å². The van der Waals surface area contributed by atoms with Crippen molar-refractivity contribution in [2.24, 2.45) is 5.92 Å². The van der Waals surface area contributed by atoms with E-state index in [0.717, 1.165) is 18.1 Å². The molecule has 1 unspecified atom stereocenters. The zero-order chi connectivity index (χ0) is 12.8. The van der Waals surface area contributed by atoms with Gasteiger partial charge in [0.2, 0.25) is 0 Å². The van der Waals surface area contributed by atoms with Crippen molar-refractivity contribution in [2.75, 3.05) is 0 Å². The molecule has 0 saturated heterocycles. The molecule has 1 aromatic heterocycles. The van der Waals surface area contributed by atoms with Gasteiger partial charge < -0.3 is 9.73 Å². The highest BCUT2D eigenvalue weighted by atomic mass is 16.3. The molecule has 1 aromatic rings. The van der Waals surface area contributed by atoms with E-state index in [9.17, 15) is 0 Å². The standard InChI is InChI=1S/C16H27NO/c1-3-15(16-11-8-12-18-16)17-13(2)14-9-6-4-5-7-10-14/h8,11-15,17H,3-7,9-10H2,1-2H3/t13-,15?/m0/s1. The van der Waals surface area contributed by atoms with Crippen LogP contribution >= 0.6 is 0 Å². The van der Waals surface area contributed by atoms with Gasteiger partial charge in [-0.15, -0.1) is 0 Å². The van der Waals surface area contributed by atoms with E-state index in [1.807, 2.05) is 6.07 Å². The molecule has 0 aliphatic heterocycles. The Morgan fingerprint density at radius 3 is 2.56 bits per heavy atom. The summed E-state index contributed by atoms with van der Waals surface area (Å²) in [4.78, 5) is 0. The molecule has 2 nitrogen and oxygen atoms in total. The van der Waals surface area contributed by atoms with Gasteiger partial charge in [0, 0.05) is 6.04 Å². The van der Waals surface area contributed by atoms with Crippen molar-refractivity contribution >= 4 is 0 Å². The topological polar surface area (TPSA) is 25.2 Å². The van der Waals surface area contributed by atoms with Gasteiger partial charge in [0.05, 0.1) is 12.3 Å². The largest absolute Gasteiger partial charge is 0.468 e. The van der Waals surface area contributed by atoms with Crippen LogP contribution in [0.15, 0.2) is 22.8 Å². The number of rotatable bonds is 5. The molecule has 2 atom stereocenters. The fraction of sp³-hybridized carbons (Fsp3) is 0.750. The SMILES string of the molecule is CCC(N[C@@H](C)C1CCCCCC1)c1ccco1. The van der Waals surface area contributed by atoms with Crippen molar-refractivity contribution in [1.29, 1.82) is 0 Å². The monoisotopic (exact) mass is 249 g/mol. The van der Waals surface area contributed by atoms with Crippen LogP contribution in [0.2, 0.25) is 0 Å². The van der Waals surface area contributed by atoms with Gasteiger partial charge >= 0.3 is 0 Å². The molecule has 0 amide bonds. The average molecular weight is 249 g/mol. The van der Waals surface area contributed by atoms with Crippen LogP contribution in [0.1, 0.15) is 70.6 Å². The number of hydrogen-bond acceptors (Lipinski definition) is 2. The third-order valence-corrected chi connectivity index (χ3v) is 4.37. The molecule has 1 aliphatic rings. The lowest BCUT2D eigenvalue weighted by atomic mass is 9.92. The first kappa shape index (κ1) is 13.7. The second-order valence-corrected chi connectivity index (χ2v) is 5.68. The first-order chi connectivity index (χ1) is 8.81. The Bertz CT molecular complexity index is 312. The van der Waals surface area contributed by atoms with Gasteiger partial charge in [0.25, 0.3) is 0 Å². The quantitative estimate of drug-likeness (QED) is 0.766. The van der Waals surface area contributed by atoms with Crippen LogP contribution in [0.4, 0.5) is 0 Å². The van der Waals surface area contributed by atoms with E-state index in [2.05, 4.69) is 25.2 Å². The molecular weight excluding hydrogens is 222 g/mol. The summed E-state index contributed by atoms with van der Waals surface area (Å²) in [5.41, 5.74) is 0. The second-order valence-electron chi connectivity index (χ2n) is 5.68. The molecule has 0 bridgehead atoms. The molecule has 0 radical (unpaired) electrons. The zero-order valence-corrected chi connectivity index (χ0v) is 11.8. The Balaban J connectivity index is 1.90. The van der Waals surface area contributed by atoms with Gasteiger partial charge in [-0.1, -0.05) is 32.6 Å². The summed E-state index contributed by atoms with van der Waals surface area (Å²) in [7, 11) is 0. The summed E-state index contributed by atoms with van der Waals surface area (Å²) in [5.74, 6) is 1.93. The highest BCUT2D eigenvalue weighted by Gasteiger charge is 2.22. The molecule has 0 spiro atoms. The first-order valence-electron chi connectivity index (χ1n) is 7.60. The van der Waals surface area contributed by atoms with Gasteiger partial charge in [-0.05, 0) is 44.2 Å². The number of furan rings is 1. The van der Waals surface area contributed by atoms with E-state index < -0.39 is 0 Å². The van der Waals surface area contributed by atoms with E-state index in [4.69, 9.17) is 4.42 Å². The molecular formula is C16H27NO. The van der Waals surface area contributed by atoms with Crippen molar-refractivity contribution in [3.8, 4) is 0 Å². The van der Waals surface area contributed by atoms with Crippen LogP contribution in [0.5, 0.6) is 0 Å². The summed E-state index contributed by atoms with van der Waals surface area (Å²) >= 11 is 0. The van der Waals surface area contributed by atoms with Crippen LogP contribution in [0.3, 0.4) is 0 Å². The highest BCUT2D eigenvalue weighted by molar-refractivity contribution is 5.04. The molecule has 1 heterocycles. The van der Waals surface area contributed by atoms with Crippen LogP contribution in [-0.4, -0.2) is 6.04 Å². The Hall–Kier alpha value is -0.760. The molecule has 1 saturated carbocycles. The molecule has 1 fully saturated rings. The maximum absolute atomic E-state index is 5.54. The van der Waals surface area contributed by atoms with Crippen molar-refractivity contribution < 1.29 is 4.42 Å². The fourth-order valence-electron chi connectivity index (χ4n) is 3.16. The first-order valence-corrected chi connectivity index (χ1v) is 7.60. The molecule has 0 aromatic carbocycles. The predicted molar refractivity (Wildman–Crippen MR) is 75.5 cm³/mol. The predicted octanol–water partition coefficient (Wildman–Crippen LogP) is 4.68. The van der Waals surface area contributed by atoms with Crippen molar-refractivity contribution in [3.05, 3.63) is 24.2 Å². The van der Waals surface area contributed by atoms with E-state index in [1.54, 1.807) is 6.26 Å². The maximum atomic E-state index is 5.54.